The normalized spacial score (nSPS) is 16.8. The van der Waals surface area contributed by atoms with Gasteiger partial charge in [-0.3, -0.25) is 4.79 Å². The van der Waals surface area contributed by atoms with Gasteiger partial charge in [0, 0.05) is 12.6 Å². The number of carbonyl (C=O) groups excluding carboxylic acids is 1. The van der Waals surface area contributed by atoms with Gasteiger partial charge < -0.3 is 5.73 Å². The molecule has 0 radical (unpaired) electrons. The highest BCUT2D eigenvalue weighted by Crippen LogP contribution is 2.19. The van der Waals surface area contributed by atoms with Crippen molar-refractivity contribution in [1.82, 2.24) is 4.98 Å². The molecule has 2 N–H and O–H groups in total. The number of hydrogen-bond donors (Lipinski definition) is 1. The minimum absolute atomic E-state index is 0.259. The van der Waals surface area contributed by atoms with Gasteiger partial charge in [-0.2, -0.15) is 0 Å². The molecule has 2 rings (SSSR count). The molecule has 3 heteroatoms. The SMILES string of the molecule is Nc1cc(CC2=CC(=O)CCCC2)ccn1. The molecule has 1 aromatic heterocycles. The van der Waals surface area contributed by atoms with Gasteiger partial charge in [0.15, 0.2) is 5.78 Å². The Morgan fingerprint density at radius 3 is 2.94 bits per heavy atom. The number of nitrogens with two attached hydrogens (primary N) is 1. The molecule has 16 heavy (non-hydrogen) atoms. The fourth-order valence-electron chi connectivity index (χ4n) is 2.03. The van der Waals surface area contributed by atoms with E-state index in [1.165, 1.54) is 5.57 Å². The van der Waals surface area contributed by atoms with Crippen LogP contribution in [0.4, 0.5) is 5.82 Å². The molecule has 0 aromatic carbocycles. The first kappa shape index (κ1) is 10.9. The number of rotatable bonds is 2. The second-order valence-electron chi connectivity index (χ2n) is 4.24. The molecule has 1 aliphatic rings. The van der Waals surface area contributed by atoms with Crippen molar-refractivity contribution in [2.24, 2.45) is 0 Å². The summed E-state index contributed by atoms with van der Waals surface area (Å²) in [6, 6.07) is 3.82. The maximum absolute atomic E-state index is 11.4. The summed E-state index contributed by atoms with van der Waals surface area (Å²) >= 11 is 0. The number of allylic oxidation sites excluding steroid dienone is 2. The van der Waals surface area contributed by atoms with Crippen molar-refractivity contribution in [3.8, 4) is 0 Å². The van der Waals surface area contributed by atoms with Crippen LogP contribution in [0.1, 0.15) is 31.2 Å². The van der Waals surface area contributed by atoms with Crippen LogP contribution in [0.25, 0.3) is 0 Å². The molecule has 1 aliphatic carbocycles. The van der Waals surface area contributed by atoms with Crippen molar-refractivity contribution >= 4 is 11.6 Å². The van der Waals surface area contributed by atoms with E-state index in [0.717, 1.165) is 31.2 Å². The molecule has 0 unspecified atom stereocenters. The van der Waals surface area contributed by atoms with Crippen LogP contribution in [0.2, 0.25) is 0 Å². The van der Waals surface area contributed by atoms with Crippen LogP contribution in [0.15, 0.2) is 30.0 Å². The number of hydrogen-bond acceptors (Lipinski definition) is 3. The number of nitrogens with zero attached hydrogens (tertiary/aromatic N) is 1. The minimum atomic E-state index is 0.259. The van der Waals surface area contributed by atoms with Gasteiger partial charge in [-0.05, 0) is 49.5 Å². The van der Waals surface area contributed by atoms with E-state index in [-0.39, 0.29) is 5.78 Å². The Hall–Kier alpha value is -1.64. The Balaban J connectivity index is 2.11. The van der Waals surface area contributed by atoms with E-state index >= 15 is 0 Å². The highest BCUT2D eigenvalue weighted by atomic mass is 16.1. The van der Waals surface area contributed by atoms with Gasteiger partial charge in [-0.25, -0.2) is 4.98 Å². The topological polar surface area (TPSA) is 56.0 Å². The number of nitrogen functional groups attached to an aromatic ring is 1. The largest absolute Gasteiger partial charge is 0.384 e. The van der Waals surface area contributed by atoms with E-state index in [2.05, 4.69) is 4.98 Å². The van der Waals surface area contributed by atoms with Crippen molar-refractivity contribution in [3.63, 3.8) is 0 Å². The fourth-order valence-corrected chi connectivity index (χ4v) is 2.03. The van der Waals surface area contributed by atoms with Crippen molar-refractivity contribution in [1.29, 1.82) is 0 Å². The average Bonchev–Trinajstić information content (AvgIpc) is 2.43. The lowest BCUT2D eigenvalue weighted by atomic mass is 10.0. The molecular formula is C13H16N2O. The molecular weight excluding hydrogens is 200 g/mol. The lowest BCUT2D eigenvalue weighted by Crippen LogP contribution is -1.96. The van der Waals surface area contributed by atoms with Crippen LogP contribution in [0.5, 0.6) is 0 Å². The Labute approximate surface area is 95.4 Å². The van der Waals surface area contributed by atoms with E-state index in [1.807, 2.05) is 18.2 Å². The van der Waals surface area contributed by atoms with E-state index in [1.54, 1.807) is 6.20 Å². The quantitative estimate of drug-likeness (QED) is 0.825. The Morgan fingerprint density at radius 2 is 2.12 bits per heavy atom. The first-order valence-corrected chi connectivity index (χ1v) is 5.67. The number of ketones is 1. The number of carbonyl (C=O) groups is 1. The lowest BCUT2D eigenvalue weighted by Gasteiger charge is -2.05. The summed E-state index contributed by atoms with van der Waals surface area (Å²) in [5, 5.41) is 0. The molecule has 0 fully saturated rings. The summed E-state index contributed by atoms with van der Waals surface area (Å²) in [5.74, 6) is 0.799. The average molecular weight is 216 g/mol. The zero-order valence-electron chi connectivity index (χ0n) is 9.28. The van der Waals surface area contributed by atoms with E-state index in [0.29, 0.717) is 12.2 Å². The van der Waals surface area contributed by atoms with Crippen LogP contribution in [-0.4, -0.2) is 10.8 Å². The highest BCUT2D eigenvalue weighted by Gasteiger charge is 2.09. The van der Waals surface area contributed by atoms with E-state index < -0.39 is 0 Å². The Kier molecular flexibility index (Phi) is 3.34. The van der Waals surface area contributed by atoms with Gasteiger partial charge in [-0.15, -0.1) is 0 Å². The van der Waals surface area contributed by atoms with Crippen LogP contribution in [0, 0.1) is 0 Å². The molecule has 0 saturated carbocycles. The van der Waals surface area contributed by atoms with Gasteiger partial charge in [0.1, 0.15) is 5.82 Å². The molecule has 0 bridgehead atoms. The Morgan fingerprint density at radius 1 is 1.31 bits per heavy atom. The van der Waals surface area contributed by atoms with Gasteiger partial charge >= 0.3 is 0 Å². The van der Waals surface area contributed by atoms with Crippen LogP contribution < -0.4 is 5.73 Å². The standard InChI is InChI=1S/C13H16N2O/c14-13-9-11(5-6-15-13)7-10-3-1-2-4-12(16)8-10/h5-6,8-9H,1-4,7H2,(H2,14,15). The van der Waals surface area contributed by atoms with Crippen molar-refractivity contribution < 1.29 is 4.79 Å². The molecule has 0 aliphatic heterocycles. The predicted molar refractivity (Wildman–Crippen MR) is 63.9 cm³/mol. The first-order valence-electron chi connectivity index (χ1n) is 5.67. The second-order valence-corrected chi connectivity index (χ2v) is 4.24. The predicted octanol–water partition coefficient (Wildman–Crippen LogP) is 2.28. The summed E-state index contributed by atoms with van der Waals surface area (Å²) in [5.41, 5.74) is 7.97. The molecule has 0 atom stereocenters. The maximum atomic E-state index is 11.4. The molecule has 0 saturated heterocycles. The third-order valence-electron chi connectivity index (χ3n) is 2.81. The maximum Gasteiger partial charge on any atom is 0.155 e. The third kappa shape index (κ3) is 2.92. The molecule has 1 aromatic rings. The van der Waals surface area contributed by atoms with Crippen LogP contribution >= 0.6 is 0 Å². The smallest absolute Gasteiger partial charge is 0.155 e. The molecule has 0 amide bonds. The molecule has 1 heterocycles. The van der Waals surface area contributed by atoms with Crippen LogP contribution in [-0.2, 0) is 11.2 Å². The zero-order chi connectivity index (χ0) is 11.4. The summed E-state index contributed by atoms with van der Waals surface area (Å²) in [6.07, 6.45) is 8.18. The fraction of sp³-hybridized carbons (Fsp3) is 0.385. The lowest BCUT2D eigenvalue weighted by molar-refractivity contribution is -0.114. The van der Waals surface area contributed by atoms with Crippen molar-refractivity contribution in [2.45, 2.75) is 32.1 Å². The van der Waals surface area contributed by atoms with Crippen molar-refractivity contribution in [3.05, 3.63) is 35.5 Å². The zero-order valence-corrected chi connectivity index (χ0v) is 9.28. The third-order valence-corrected chi connectivity index (χ3v) is 2.81. The van der Waals surface area contributed by atoms with Gasteiger partial charge in [0.25, 0.3) is 0 Å². The first-order chi connectivity index (χ1) is 7.74. The molecule has 3 nitrogen and oxygen atoms in total. The summed E-state index contributed by atoms with van der Waals surface area (Å²) < 4.78 is 0. The second kappa shape index (κ2) is 4.92. The number of pyridine rings is 1. The highest BCUT2D eigenvalue weighted by molar-refractivity contribution is 5.90. The van der Waals surface area contributed by atoms with Gasteiger partial charge in [0.2, 0.25) is 0 Å². The van der Waals surface area contributed by atoms with E-state index in [4.69, 9.17) is 5.73 Å². The summed E-state index contributed by atoms with van der Waals surface area (Å²) in [4.78, 5) is 15.4. The number of anilines is 1. The van der Waals surface area contributed by atoms with Crippen LogP contribution in [0.3, 0.4) is 0 Å². The molecule has 84 valence electrons. The monoisotopic (exact) mass is 216 g/mol. The minimum Gasteiger partial charge on any atom is -0.384 e. The number of aromatic nitrogens is 1. The Bertz CT molecular complexity index is 424. The summed E-state index contributed by atoms with van der Waals surface area (Å²) in [6.45, 7) is 0. The molecule has 0 spiro atoms. The van der Waals surface area contributed by atoms with Gasteiger partial charge in [0.05, 0.1) is 0 Å². The van der Waals surface area contributed by atoms with E-state index in [9.17, 15) is 4.79 Å². The van der Waals surface area contributed by atoms with Crippen molar-refractivity contribution in [2.75, 3.05) is 5.73 Å². The van der Waals surface area contributed by atoms with Gasteiger partial charge in [-0.1, -0.05) is 5.57 Å². The summed E-state index contributed by atoms with van der Waals surface area (Å²) in [7, 11) is 0.